The fourth-order valence-corrected chi connectivity index (χ4v) is 6.72. The van der Waals surface area contributed by atoms with Crippen LogP contribution in [0.2, 0.25) is 0 Å². The first kappa shape index (κ1) is 25.1. The van der Waals surface area contributed by atoms with Crippen LogP contribution in [-0.4, -0.2) is 59.5 Å². The number of aromatic nitrogens is 3. The number of methoxy groups -OCH3 is 2. The molecule has 1 saturated heterocycles. The number of benzene rings is 2. The number of hydrogen-bond donors (Lipinski definition) is 0. The average Bonchev–Trinajstić information content (AvgIpc) is 3.40. The monoisotopic (exact) mass is 525 g/mol. The highest BCUT2D eigenvalue weighted by Crippen LogP contribution is 2.58. The minimum absolute atomic E-state index is 0.0271. The molecule has 3 aliphatic rings. The summed E-state index contributed by atoms with van der Waals surface area (Å²) >= 11 is 0. The van der Waals surface area contributed by atoms with E-state index in [4.69, 9.17) is 14.2 Å². The summed E-state index contributed by atoms with van der Waals surface area (Å²) in [7, 11) is 5.37. The van der Waals surface area contributed by atoms with Gasteiger partial charge in [0.25, 0.3) is 0 Å². The van der Waals surface area contributed by atoms with Gasteiger partial charge in [-0.15, -0.1) is 5.10 Å². The maximum atomic E-state index is 13.2. The van der Waals surface area contributed by atoms with E-state index in [1.54, 1.807) is 25.0 Å². The van der Waals surface area contributed by atoms with Crippen molar-refractivity contribution in [2.75, 3.05) is 27.8 Å². The van der Waals surface area contributed by atoms with Crippen LogP contribution in [-0.2, 0) is 34.5 Å². The summed E-state index contributed by atoms with van der Waals surface area (Å²) in [5.74, 6) is 1.93. The Hall–Kier alpha value is -4.16. The van der Waals surface area contributed by atoms with Crippen LogP contribution < -0.4 is 9.47 Å². The molecule has 2 heterocycles. The molecule has 2 bridgehead atoms. The molecule has 1 aliphatic heterocycles. The Balaban J connectivity index is 1.34. The van der Waals surface area contributed by atoms with E-state index in [1.807, 2.05) is 36.5 Å². The Labute approximate surface area is 227 Å². The van der Waals surface area contributed by atoms with Gasteiger partial charge in [0, 0.05) is 29.4 Å². The van der Waals surface area contributed by atoms with E-state index < -0.39 is 0 Å². The fraction of sp³-hybridized carbons (Fsp3) is 0.400. The van der Waals surface area contributed by atoms with E-state index >= 15 is 0 Å². The molecule has 0 spiro atoms. The van der Waals surface area contributed by atoms with Crippen LogP contribution in [0.4, 0.5) is 0 Å². The van der Waals surface area contributed by atoms with Crippen molar-refractivity contribution in [3.63, 3.8) is 0 Å². The average molecular weight is 526 g/mol. The maximum Gasteiger partial charge on any atom is 0.197 e. The Morgan fingerprint density at radius 2 is 2.03 bits per heavy atom. The molecule has 0 radical (unpaired) electrons. The van der Waals surface area contributed by atoms with Crippen molar-refractivity contribution in [2.45, 2.75) is 43.9 Å². The van der Waals surface area contributed by atoms with Crippen molar-refractivity contribution in [1.82, 2.24) is 19.9 Å². The largest absolute Gasteiger partial charge is 0.493 e. The zero-order valence-corrected chi connectivity index (χ0v) is 22.4. The summed E-state index contributed by atoms with van der Waals surface area (Å²) < 4.78 is 19.5. The predicted molar refractivity (Wildman–Crippen MR) is 142 cm³/mol. The third-order valence-corrected chi connectivity index (χ3v) is 8.61. The lowest BCUT2D eigenvalue weighted by Gasteiger charge is -2.56. The number of nitrogens with zero attached hydrogens (tertiary/aromatic N) is 5. The highest BCUT2D eigenvalue weighted by Gasteiger charge is 2.56. The smallest absolute Gasteiger partial charge is 0.197 e. The molecule has 2 aromatic carbocycles. The minimum Gasteiger partial charge on any atom is -0.493 e. The van der Waals surface area contributed by atoms with Gasteiger partial charge in [-0.05, 0) is 55.8 Å². The number of rotatable bonds is 7. The van der Waals surface area contributed by atoms with E-state index in [2.05, 4.69) is 34.4 Å². The maximum absolute atomic E-state index is 13.2. The number of piperidine rings is 1. The summed E-state index contributed by atoms with van der Waals surface area (Å²) in [5.41, 5.74) is 4.04. The van der Waals surface area contributed by atoms with Crippen LogP contribution >= 0.6 is 0 Å². The number of ether oxygens (including phenoxy) is 3. The third-order valence-electron chi connectivity index (χ3n) is 8.61. The lowest BCUT2D eigenvalue weighted by atomic mass is 9.53. The van der Waals surface area contributed by atoms with Gasteiger partial charge in [0.1, 0.15) is 12.3 Å². The number of carbonyl (C=O) groups excluding carboxylic acids is 1. The van der Waals surface area contributed by atoms with Crippen molar-refractivity contribution in [2.24, 2.45) is 5.92 Å². The summed E-state index contributed by atoms with van der Waals surface area (Å²) in [4.78, 5) is 15.6. The molecule has 39 heavy (non-hydrogen) atoms. The second kappa shape index (κ2) is 9.86. The number of fused-ring (bicyclic) bond motifs is 1. The van der Waals surface area contributed by atoms with Gasteiger partial charge in [-0.25, -0.2) is 4.68 Å². The van der Waals surface area contributed by atoms with Gasteiger partial charge in [-0.1, -0.05) is 29.5 Å². The first-order chi connectivity index (χ1) is 19.0. The minimum atomic E-state index is -0.383. The van der Waals surface area contributed by atoms with Crippen LogP contribution in [0.5, 0.6) is 11.5 Å². The van der Waals surface area contributed by atoms with Crippen LogP contribution in [0, 0.1) is 17.2 Å². The number of likely N-dealkylation sites (tertiary alicyclic amines) is 1. The number of hydrogen-bond acceptors (Lipinski definition) is 8. The molecule has 6 rings (SSSR count). The predicted octanol–water partition coefficient (Wildman–Crippen LogP) is 3.40. The van der Waals surface area contributed by atoms with Gasteiger partial charge < -0.3 is 19.1 Å². The van der Waals surface area contributed by atoms with Gasteiger partial charge in [0.2, 0.25) is 0 Å². The SMILES string of the molecule is COC1=C[C@@H]2[C@@H]3Cc4ccc(OC)c(OCc5cn(Cc6ccccc6C#N)nn5)c4[C@]2(CCN3C)CC1=O. The number of Topliss-reactive ketones (excluding diaryl/α,β-unsaturated/α-hetero) is 1. The van der Waals surface area contributed by atoms with Crippen LogP contribution in [0.15, 0.2) is 54.4 Å². The molecule has 0 unspecified atom stereocenters. The van der Waals surface area contributed by atoms with Crippen molar-refractivity contribution in [1.29, 1.82) is 5.26 Å². The molecule has 0 N–H and O–H groups in total. The first-order valence-corrected chi connectivity index (χ1v) is 13.2. The number of ketones is 1. The standard InChI is InChI=1S/C30H31N5O4/c1-34-11-10-30-14-25(36)27(38-3)13-23(30)24(34)12-19-8-9-26(37-2)29(28(19)30)39-18-22-17-35(33-32-22)16-21-7-5-4-6-20(21)15-31/h4-9,13,17,23-24H,10-12,14,16,18H2,1-3H3/t23-,24+,30-/m1/s1. The number of nitriles is 1. The molecule has 2 aliphatic carbocycles. The molecular weight excluding hydrogens is 494 g/mol. The first-order valence-electron chi connectivity index (χ1n) is 13.2. The van der Waals surface area contributed by atoms with E-state index in [9.17, 15) is 10.1 Å². The Morgan fingerprint density at radius 1 is 1.18 bits per heavy atom. The molecule has 200 valence electrons. The summed E-state index contributed by atoms with van der Waals surface area (Å²) in [5, 5.41) is 18.0. The quantitative estimate of drug-likeness (QED) is 0.463. The molecule has 9 heteroatoms. The Morgan fingerprint density at radius 3 is 2.82 bits per heavy atom. The molecule has 1 fully saturated rings. The van der Waals surface area contributed by atoms with Gasteiger partial charge in [0.15, 0.2) is 23.0 Å². The van der Waals surface area contributed by atoms with Crippen molar-refractivity contribution in [3.8, 4) is 17.6 Å². The lowest BCUT2D eigenvalue weighted by molar-refractivity contribution is -0.122. The van der Waals surface area contributed by atoms with Gasteiger partial charge in [-0.3, -0.25) is 4.79 Å². The van der Waals surface area contributed by atoms with Crippen LogP contribution in [0.3, 0.4) is 0 Å². The fourth-order valence-electron chi connectivity index (χ4n) is 6.72. The van der Waals surface area contributed by atoms with E-state index in [-0.39, 0.29) is 29.8 Å². The number of likely N-dealkylation sites (N-methyl/N-ethyl adjacent to an activating group) is 1. The van der Waals surface area contributed by atoms with Crippen LogP contribution in [0.25, 0.3) is 0 Å². The Kier molecular flexibility index (Phi) is 6.35. The number of carbonyl (C=O) groups is 1. The molecule has 3 atom stereocenters. The molecule has 1 aromatic heterocycles. The highest BCUT2D eigenvalue weighted by atomic mass is 16.5. The van der Waals surface area contributed by atoms with E-state index in [0.717, 1.165) is 30.5 Å². The zero-order valence-electron chi connectivity index (χ0n) is 22.4. The second-order valence-corrected chi connectivity index (χ2v) is 10.6. The number of allylic oxidation sites excluding steroid dienone is 1. The summed E-state index contributed by atoms with van der Waals surface area (Å²) in [6.45, 7) is 1.54. The van der Waals surface area contributed by atoms with Crippen molar-refractivity contribution >= 4 is 5.78 Å². The summed E-state index contributed by atoms with van der Waals surface area (Å²) in [6.07, 6.45) is 5.96. The Bertz CT molecular complexity index is 1510. The van der Waals surface area contributed by atoms with Gasteiger partial charge in [0.05, 0.1) is 38.6 Å². The molecular formula is C30H31N5O4. The van der Waals surface area contributed by atoms with Gasteiger partial charge in [-0.2, -0.15) is 5.26 Å². The molecule has 9 nitrogen and oxygen atoms in total. The second-order valence-electron chi connectivity index (χ2n) is 10.6. The van der Waals surface area contributed by atoms with Crippen molar-refractivity contribution < 1.29 is 19.0 Å². The normalized spacial score (nSPS) is 23.7. The summed E-state index contributed by atoms with van der Waals surface area (Å²) in [6, 6.07) is 14.0. The van der Waals surface area contributed by atoms with Gasteiger partial charge >= 0.3 is 0 Å². The zero-order chi connectivity index (χ0) is 27.1. The molecule has 0 amide bonds. The lowest BCUT2D eigenvalue weighted by Crippen LogP contribution is -2.60. The van der Waals surface area contributed by atoms with Crippen molar-refractivity contribution in [3.05, 3.63) is 82.4 Å². The third kappa shape index (κ3) is 4.16. The highest BCUT2D eigenvalue weighted by molar-refractivity contribution is 5.96. The van der Waals surface area contributed by atoms with E-state index in [1.165, 1.54) is 5.56 Å². The van der Waals surface area contributed by atoms with E-state index in [0.29, 0.717) is 41.5 Å². The molecule has 0 saturated carbocycles. The molecule has 3 aromatic rings. The van der Waals surface area contributed by atoms with Crippen LogP contribution in [0.1, 0.15) is 40.8 Å². The topological polar surface area (TPSA) is 102 Å².